The Morgan fingerprint density at radius 2 is 0.750 bits per heavy atom. The average molecular weight is 352 g/mol. The zero-order valence-corrected chi connectivity index (χ0v) is 15.6. The van der Waals surface area contributed by atoms with E-state index in [1.54, 1.807) is 0 Å². The van der Waals surface area contributed by atoms with Crippen molar-refractivity contribution in [2.45, 2.75) is 26.9 Å². The lowest BCUT2D eigenvalue weighted by atomic mass is 10.5. The number of rotatable bonds is 20. The predicted molar refractivity (Wildman–Crippen MR) is 91.7 cm³/mol. The fraction of sp³-hybridized carbons (Fsp3) is 1.00. The molecule has 0 radical (unpaired) electrons. The minimum atomic E-state index is 0.249. The molecular weight excluding hydrogens is 316 g/mol. The Morgan fingerprint density at radius 1 is 0.458 bits per heavy atom. The van der Waals surface area contributed by atoms with Crippen molar-refractivity contribution in [1.29, 1.82) is 0 Å². The molecule has 0 aliphatic carbocycles. The van der Waals surface area contributed by atoms with Gasteiger partial charge in [0.1, 0.15) is 0 Å². The first-order valence-corrected chi connectivity index (χ1v) is 8.85. The van der Waals surface area contributed by atoms with Gasteiger partial charge >= 0.3 is 0 Å². The molecule has 146 valence electrons. The van der Waals surface area contributed by atoms with Crippen molar-refractivity contribution in [1.82, 2.24) is 0 Å². The van der Waals surface area contributed by atoms with Crippen LogP contribution in [0.2, 0.25) is 0 Å². The van der Waals surface area contributed by atoms with Crippen molar-refractivity contribution in [3.63, 3.8) is 0 Å². The third kappa shape index (κ3) is 21.7. The molecule has 0 fully saturated rings. The van der Waals surface area contributed by atoms with Crippen molar-refractivity contribution in [2.75, 3.05) is 85.9 Å². The summed E-state index contributed by atoms with van der Waals surface area (Å²) in [7, 11) is 0. The molecule has 24 heavy (non-hydrogen) atoms. The zero-order valence-electron chi connectivity index (χ0n) is 15.6. The number of ether oxygens (including phenoxy) is 7. The summed E-state index contributed by atoms with van der Waals surface area (Å²) in [5.41, 5.74) is 0. The first kappa shape index (κ1) is 23.7. The van der Waals surface area contributed by atoms with Crippen molar-refractivity contribution in [2.24, 2.45) is 0 Å². The summed E-state index contributed by atoms with van der Waals surface area (Å²) in [6.07, 6.45) is 0.249. The molecule has 0 saturated heterocycles. The van der Waals surface area contributed by atoms with Crippen molar-refractivity contribution in [3.8, 4) is 0 Å². The summed E-state index contributed by atoms with van der Waals surface area (Å²) in [5.74, 6) is 0. The van der Waals surface area contributed by atoms with E-state index in [1.807, 2.05) is 20.8 Å². The maximum Gasteiger partial charge on any atom is 0.0703 e. The van der Waals surface area contributed by atoms with Gasteiger partial charge in [0.15, 0.2) is 0 Å². The van der Waals surface area contributed by atoms with E-state index in [9.17, 15) is 0 Å². The van der Waals surface area contributed by atoms with Crippen LogP contribution < -0.4 is 0 Å². The fourth-order valence-electron chi connectivity index (χ4n) is 1.59. The second kappa shape index (κ2) is 20.8. The van der Waals surface area contributed by atoms with E-state index in [0.29, 0.717) is 79.3 Å². The van der Waals surface area contributed by atoms with Crippen molar-refractivity contribution < 1.29 is 33.2 Å². The molecule has 0 aromatic carbocycles. The number of hydrogen-bond donors (Lipinski definition) is 0. The Labute approximate surface area is 146 Å². The molecule has 0 amide bonds. The third-order valence-electron chi connectivity index (χ3n) is 2.74. The van der Waals surface area contributed by atoms with Gasteiger partial charge in [-0.3, -0.25) is 0 Å². The van der Waals surface area contributed by atoms with Crippen LogP contribution >= 0.6 is 0 Å². The summed E-state index contributed by atoms with van der Waals surface area (Å²) in [5, 5.41) is 0. The molecule has 0 N–H and O–H groups in total. The van der Waals surface area contributed by atoms with Crippen LogP contribution in [0.1, 0.15) is 20.8 Å². The van der Waals surface area contributed by atoms with Crippen LogP contribution in [0, 0.1) is 0 Å². The van der Waals surface area contributed by atoms with Crippen LogP contribution in [0.25, 0.3) is 0 Å². The second-order valence-electron chi connectivity index (χ2n) is 5.18. The van der Waals surface area contributed by atoms with Crippen molar-refractivity contribution in [3.05, 3.63) is 0 Å². The van der Waals surface area contributed by atoms with E-state index >= 15 is 0 Å². The van der Waals surface area contributed by atoms with Crippen molar-refractivity contribution >= 4 is 0 Å². The van der Waals surface area contributed by atoms with Gasteiger partial charge < -0.3 is 33.2 Å². The van der Waals surface area contributed by atoms with Gasteiger partial charge in [-0.15, -0.1) is 0 Å². The average Bonchev–Trinajstić information content (AvgIpc) is 2.56. The van der Waals surface area contributed by atoms with E-state index in [-0.39, 0.29) is 6.10 Å². The van der Waals surface area contributed by atoms with E-state index in [4.69, 9.17) is 33.2 Å². The van der Waals surface area contributed by atoms with Crippen LogP contribution in [0.3, 0.4) is 0 Å². The highest BCUT2D eigenvalue weighted by molar-refractivity contribution is 4.38. The van der Waals surface area contributed by atoms with E-state index in [0.717, 1.165) is 6.61 Å². The van der Waals surface area contributed by atoms with Gasteiger partial charge in [-0.2, -0.15) is 0 Å². The Kier molecular flexibility index (Phi) is 20.5. The van der Waals surface area contributed by atoms with Gasteiger partial charge in [0.25, 0.3) is 0 Å². The lowest BCUT2D eigenvalue weighted by Gasteiger charge is -2.09. The SMILES string of the molecule is CCOCCOCCOCCOCCOCCOCCOC(C)C. The molecule has 0 aliphatic rings. The predicted octanol–water partition coefficient (Wildman–Crippen LogP) is 1.53. The van der Waals surface area contributed by atoms with Gasteiger partial charge in [-0.1, -0.05) is 0 Å². The lowest BCUT2D eigenvalue weighted by Crippen LogP contribution is -2.15. The topological polar surface area (TPSA) is 64.6 Å². The molecule has 0 spiro atoms. The quantitative estimate of drug-likeness (QED) is 0.308. The molecule has 0 rings (SSSR count). The Balaban J connectivity index is 2.95. The molecule has 0 saturated carbocycles. The Bertz CT molecular complexity index is 227. The first-order chi connectivity index (χ1) is 11.8. The first-order valence-electron chi connectivity index (χ1n) is 8.85. The van der Waals surface area contributed by atoms with Crippen LogP contribution in [0.4, 0.5) is 0 Å². The summed E-state index contributed by atoms with van der Waals surface area (Å²) >= 11 is 0. The highest BCUT2D eigenvalue weighted by atomic mass is 16.6. The normalized spacial score (nSPS) is 11.5. The summed E-state index contributed by atoms with van der Waals surface area (Å²) in [6.45, 7) is 13.7. The number of hydrogen-bond acceptors (Lipinski definition) is 7. The van der Waals surface area contributed by atoms with Crippen LogP contribution in [-0.2, 0) is 33.2 Å². The maximum absolute atomic E-state index is 5.39. The van der Waals surface area contributed by atoms with Gasteiger partial charge in [0.2, 0.25) is 0 Å². The standard InChI is InChI=1S/C17H36O7/c1-4-18-5-6-19-7-8-20-9-10-21-11-12-22-13-14-23-15-16-24-17(2)3/h17H,4-16H2,1-3H3. The smallest absolute Gasteiger partial charge is 0.0703 e. The fourth-order valence-corrected chi connectivity index (χ4v) is 1.59. The van der Waals surface area contributed by atoms with Crippen LogP contribution in [0.15, 0.2) is 0 Å². The molecule has 0 aliphatic heterocycles. The summed E-state index contributed by atoms with van der Waals surface area (Å²) in [6, 6.07) is 0. The monoisotopic (exact) mass is 352 g/mol. The van der Waals surface area contributed by atoms with Gasteiger partial charge in [-0.25, -0.2) is 0 Å². The maximum atomic E-state index is 5.39. The van der Waals surface area contributed by atoms with E-state index in [2.05, 4.69) is 0 Å². The van der Waals surface area contributed by atoms with Gasteiger partial charge in [0, 0.05) is 6.61 Å². The molecule has 0 aromatic rings. The van der Waals surface area contributed by atoms with E-state index in [1.165, 1.54) is 0 Å². The van der Waals surface area contributed by atoms with Crippen LogP contribution in [-0.4, -0.2) is 92.0 Å². The molecule has 7 heteroatoms. The minimum Gasteiger partial charge on any atom is -0.379 e. The molecule has 7 nitrogen and oxygen atoms in total. The largest absolute Gasteiger partial charge is 0.379 e. The summed E-state index contributed by atoms with van der Waals surface area (Å²) in [4.78, 5) is 0. The zero-order chi connectivity index (χ0) is 17.7. The van der Waals surface area contributed by atoms with Crippen LogP contribution in [0.5, 0.6) is 0 Å². The van der Waals surface area contributed by atoms with Gasteiger partial charge in [-0.05, 0) is 20.8 Å². The third-order valence-corrected chi connectivity index (χ3v) is 2.74. The molecular formula is C17H36O7. The van der Waals surface area contributed by atoms with Gasteiger partial charge in [0.05, 0.1) is 85.4 Å². The molecule has 0 heterocycles. The Morgan fingerprint density at radius 3 is 1.04 bits per heavy atom. The second-order valence-corrected chi connectivity index (χ2v) is 5.18. The molecule has 0 unspecified atom stereocenters. The Hall–Kier alpha value is -0.280. The molecule has 0 aromatic heterocycles. The summed E-state index contributed by atoms with van der Waals surface area (Å²) < 4.78 is 37.4. The van der Waals surface area contributed by atoms with E-state index < -0.39 is 0 Å². The molecule has 0 atom stereocenters. The highest BCUT2D eigenvalue weighted by Gasteiger charge is 1.95. The minimum absolute atomic E-state index is 0.249. The highest BCUT2D eigenvalue weighted by Crippen LogP contribution is 1.88. The molecule has 0 bridgehead atoms. The lowest BCUT2D eigenvalue weighted by molar-refractivity contribution is -0.0235.